The molecule has 1 aromatic rings. The van der Waals surface area contributed by atoms with E-state index in [9.17, 15) is 4.79 Å². The van der Waals surface area contributed by atoms with E-state index in [-0.39, 0.29) is 6.10 Å². The molecule has 1 saturated heterocycles. The fourth-order valence-corrected chi connectivity index (χ4v) is 2.11. The van der Waals surface area contributed by atoms with Crippen molar-refractivity contribution in [2.24, 2.45) is 0 Å². The molecular formula is C8H9NO3S. The summed E-state index contributed by atoms with van der Waals surface area (Å²) in [5.74, 6) is -0.909. The Morgan fingerprint density at radius 3 is 3.23 bits per heavy atom. The Labute approximate surface area is 79.2 Å². The number of ether oxygens (including phenoxy) is 1. The normalized spacial score (nSPS) is 22.0. The van der Waals surface area contributed by atoms with Gasteiger partial charge in [0.2, 0.25) is 0 Å². The molecule has 1 fully saturated rings. The minimum Gasteiger partial charge on any atom is -0.477 e. The van der Waals surface area contributed by atoms with Gasteiger partial charge in [0.1, 0.15) is 11.0 Å². The molecule has 1 unspecified atom stereocenters. The largest absolute Gasteiger partial charge is 0.477 e. The SMILES string of the molecule is O=C(O)c1scnc1C1CCCO1. The van der Waals surface area contributed by atoms with Crippen LogP contribution in [-0.2, 0) is 4.74 Å². The first-order chi connectivity index (χ1) is 6.29. The van der Waals surface area contributed by atoms with Gasteiger partial charge in [-0.05, 0) is 12.8 Å². The molecule has 0 spiro atoms. The molecule has 0 radical (unpaired) electrons. The Kier molecular flexibility index (Phi) is 2.28. The standard InChI is InChI=1S/C8H9NO3S/c10-8(11)7-6(9-4-13-7)5-2-1-3-12-5/h4-5H,1-3H2,(H,10,11). The van der Waals surface area contributed by atoms with E-state index in [0.717, 1.165) is 24.2 Å². The number of thiazole rings is 1. The molecule has 2 rings (SSSR count). The van der Waals surface area contributed by atoms with Crippen molar-refractivity contribution in [3.05, 3.63) is 16.1 Å². The molecule has 5 heteroatoms. The molecule has 0 saturated carbocycles. The zero-order chi connectivity index (χ0) is 9.26. The third kappa shape index (κ3) is 1.57. The molecule has 2 heterocycles. The van der Waals surface area contributed by atoms with Crippen molar-refractivity contribution >= 4 is 17.3 Å². The minimum atomic E-state index is -0.909. The van der Waals surface area contributed by atoms with Crippen molar-refractivity contribution in [3.63, 3.8) is 0 Å². The summed E-state index contributed by atoms with van der Waals surface area (Å²) in [7, 11) is 0. The molecule has 13 heavy (non-hydrogen) atoms. The average Bonchev–Trinajstić information content (AvgIpc) is 2.74. The number of rotatable bonds is 2. The van der Waals surface area contributed by atoms with Gasteiger partial charge in [-0.25, -0.2) is 9.78 Å². The predicted molar refractivity (Wildman–Crippen MR) is 47.0 cm³/mol. The van der Waals surface area contributed by atoms with Crippen LogP contribution in [0.3, 0.4) is 0 Å². The van der Waals surface area contributed by atoms with Gasteiger partial charge in [0.25, 0.3) is 0 Å². The number of carboxylic acids is 1. The van der Waals surface area contributed by atoms with Gasteiger partial charge in [0.05, 0.1) is 11.2 Å². The van der Waals surface area contributed by atoms with Gasteiger partial charge in [0, 0.05) is 6.61 Å². The summed E-state index contributed by atoms with van der Waals surface area (Å²) in [6.45, 7) is 0.710. The van der Waals surface area contributed by atoms with E-state index in [1.54, 1.807) is 5.51 Å². The monoisotopic (exact) mass is 199 g/mol. The number of carbonyl (C=O) groups is 1. The summed E-state index contributed by atoms with van der Waals surface area (Å²) in [6.07, 6.45) is 1.77. The lowest BCUT2D eigenvalue weighted by atomic mass is 10.1. The zero-order valence-electron chi connectivity index (χ0n) is 6.90. The lowest BCUT2D eigenvalue weighted by Crippen LogP contribution is -2.04. The van der Waals surface area contributed by atoms with Crippen LogP contribution in [0.5, 0.6) is 0 Å². The second kappa shape index (κ2) is 3.43. The highest BCUT2D eigenvalue weighted by atomic mass is 32.1. The number of hydrogen-bond donors (Lipinski definition) is 1. The summed E-state index contributed by atoms with van der Waals surface area (Å²) in [5, 5.41) is 8.83. The van der Waals surface area contributed by atoms with Gasteiger partial charge in [-0.15, -0.1) is 11.3 Å². The molecule has 0 aliphatic carbocycles. The van der Waals surface area contributed by atoms with Crippen LogP contribution in [0.1, 0.15) is 34.3 Å². The van der Waals surface area contributed by atoms with E-state index >= 15 is 0 Å². The van der Waals surface area contributed by atoms with E-state index in [2.05, 4.69) is 4.98 Å². The number of aromatic nitrogens is 1. The van der Waals surface area contributed by atoms with Gasteiger partial charge >= 0.3 is 5.97 Å². The first-order valence-electron chi connectivity index (χ1n) is 4.07. The van der Waals surface area contributed by atoms with Crippen molar-refractivity contribution < 1.29 is 14.6 Å². The lowest BCUT2D eigenvalue weighted by molar-refractivity contribution is 0.0686. The van der Waals surface area contributed by atoms with Crippen molar-refractivity contribution in [1.82, 2.24) is 4.98 Å². The third-order valence-electron chi connectivity index (χ3n) is 2.02. The van der Waals surface area contributed by atoms with Crippen LogP contribution in [0.25, 0.3) is 0 Å². The average molecular weight is 199 g/mol. The van der Waals surface area contributed by atoms with E-state index in [4.69, 9.17) is 9.84 Å². The molecule has 1 aromatic heterocycles. The van der Waals surface area contributed by atoms with Gasteiger partial charge < -0.3 is 9.84 Å². The fourth-order valence-electron chi connectivity index (χ4n) is 1.44. The Bertz CT molecular complexity index is 317. The van der Waals surface area contributed by atoms with E-state index < -0.39 is 5.97 Å². The Morgan fingerprint density at radius 1 is 1.77 bits per heavy atom. The maximum Gasteiger partial charge on any atom is 0.347 e. The molecule has 1 atom stereocenters. The highest BCUT2D eigenvalue weighted by molar-refractivity contribution is 7.11. The quantitative estimate of drug-likeness (QED) is 0.787. The Morgan fingerprint density at radius 2 is 2.62 bits per heavy atom. The second-order valence-corrected chi connectivity index (χ2v) is 3.73. The van der Waals surface area contributed by atoms with Crippen LogP contribution in [0.4, 0.5) is 0 Å². The van der Waals surface area contributed by atoms with Crippen molar-refractivity contribution in [2.45, 2.75) is 18.9 Å². The molecular weight excluding hydrogens is 190 g/mol. The predicted octanol–water partition coefficient (Wildman–Crippen LogP) is 1.69. The lowest BCUT2D eigenvalue weighted by Gasteiger charge is -2.06. The number of nitrogens with zero attached hydrogens (tertiary/aromatic N) is 1. The maximum atomic E-state index is 10.8. The van der Waals surface area contributed by atoms with Crippen molar-refractivity contribution in [1.29, 1.82) is 0 Å². The van der Waals surface area contributed by atoms with Crippen LogP contribution in [0.2, 0.25) is 0 Å². The molecule has 0 aromatic carbocycles. The maximum absolute atomic E-state index is 10.8. The van der Waals surface area contributed by atoms with Crippen molar-refractivity contribution in [2.75, 3.05) is 6.61 Å². The van der Waals surface area contributed by atoms with Gasteiger partial charge in [-0.2, -0.15) is 0 Å². The number of aromatic carboxylic acids is 1. The van der Waals surface area contributed by atoms with E-state index in [0.29, 0.717) is 17.2 Å². The summed E-state index contributed by atoms with van der Waals surface area (Å²) < 4.78 is 5.37. The molecule has 0 amide bonds. The molecule has 1 aliphatic heterocycles. The van der Waals surface area contributed by atoms with Crippen LogP contribution >= 0.6 is 11.3 Å². The fraction of sp³-hybridized carbons (Fsp3) is 0.500. The molecule has 4 nitrogen and oxygen atoms in total. The second-order valence-electron chi connectivity index (χ2n) is 2.87. The van der Waals surface area contributed by atoms with Gasteiger partial charge in [-0.3, -0.25) is 0 Å². The first-order valence-corrected chi connectivity index (χ1v) is 4.95. The molecule has 1 aliphatic rings. The van der Waals surface area contributed by atoms with E-state index in [1.165, 1.54) is 0 Å². The van der Waals surface area contributed by atoms with Gasteiger partial charge in [0.15, 0.2) is 0 Å². The number of carboxylic acid groups (broad SMARTS) is 1. The summed E-state index contributed by atoms with van der Waals surface area (Å²) in [4.78, 5) is 15.1. The Balaban J connectivity index is 2.28. The minimum absolute atomic E-state index is 0.0997. The molecule has 0 bridgehead atoms. The first kappa shape index (κ1) is 8.65. The van der Waals surface area contributed by atoms with Crippen LogP contribution in [-0.4, -0.2) is 22.7 Å². The number of hydrogen-bond acceptors (Lipinski definition) is 4. The smallest absolute Gasteiger partial charge is 0.347 e. The third-order valence-corrected chi connectivity index (χ3v) is 2.85. The van der Waals surface area contributed by atoms with Crippen LogP contribution in [0, 0.1) is 0 Å². The highest BCUT2D eigenvalue weighted by Crippen LogP contribution is 2.31. The zero-order valence-corrected chi connectivity index (χ0v) is 7.71. The van der Waals surface area contributed by atoms with Crippen LogP contribution in [0.15, 0.2) is 5.51 Å². The topological polar surface area (TPSA) is 59.4 Å². The van der Waals surface area contributed by atoms with Crippen molar-refractivity contribution in [3.8, 4) is 0 Å². The summed E-state index contributed by atoms with van der Waals surface area (Å²) >= 11 is 1.15. The Hall–Kier alpha value is -0.940. The highest BCUT2D eigenvalue weighted by Gasteiger charge is 2.25. The summed E-state index contributed by atoms with van der Waals surface area (Å²) in [6, 6.07) is 0. The van der Waals surface area contributed by atoms with Gasteiger partial charge in [-0.1, -0.05) is 0 Å². The molecule has 70 valence electrons. The van der Waals surface area contributed by atoms with Crippen LogP contribution < -0.4 is 0 Å². The van der Waals surface area contributed by atoms with E-state index in [1.807, 2.05) is 0 Å². The molecule has 1 N–H and O–H groups in total. The summed E-state index contributed by atoms with van der Waals surface area (Å²) in [5.41, 5.74) is 2.15.